The predicted octanol–water partition coefficient (Wildman–Crippen LogP) is 5.39. The second-order valence-electron chi connectivity index (χ2n) is 5.79. The third-order valence-electron chi connectivity index (χ3n) is 4.04. The van der Waals surface area contributed by atoms with Gasteiger partial charge in [-0.2, -0.15) is 0 Å². The van der Waals surface area contributed by atoms with Crippen molar-refractivity contribution in [2.45, 2.75) is 76.4 Å². The van der Waals surface area contributed by atoms with E-state index < -0.39 is 5.79 Å². The van der Waals surface area contributed by atoms with Crippen LogP contribution in [0.2, 0.25) is 0 Å². The Hall–Kier alpha value is -0.600. The summed E-state index contributed by atoms with van der Waals surface area (Å²) in [5.41, 5.74) is 0. The van der Waals surface area contributed by atoms with Gasteiger partial charge in [-0.1, -0.05) is 57.1 Å². The van der Waals surface area contributed by atoms with Crippen LogP contribution in [0.5, 0.6) is 0 Å². The van der Waals surface area contributed by atoms with Crippen LogP contribution in [0.3, 0.4) is 0 Å². The summed E-state index contributed by atoms with van der Waals surface area (Å²) in [4.78, 5) is 0. The van der Waals surface area contributed by atoms with Crippen molar-refractivity contribution in [3.8, 4) is 0 Å². The van der Waals surface area contributed by atoms with E-state index in [1.165, 1.54) is 57.8 Å². The van der Waals surface area contributed by atoms with Crippen molar-refractivity contribution in [1.82, 2.24) is 0 Å². The molecule has 20 heavy (non-hydrogen) atoms. The third kappa shape index (κ3) is 7.25. The summed E-state index contributed by atoms with van der Waals surface area (Å²) in [6, 6.07) is 0. The molecule has 0 atom stereocenters. The van der Waals surface area contributed by atoms with E-state index in [1.807, 2.05) is 12.2 Å². The van der Waals surface area contributed by atoms with Gasteiger partial charge in [0, 0.05) is 12.8 Å². The Morgan fingerprint density at radius 2 is 1.00 bits per heavy atom. The molecule has 0 bridgehead atoms. The SMILES string of the molecule is C=CCOC1(OCC=C)CCCCCCCCCCC1. The van der Waals surface area contributed by atoms with Crippen molar-refractivity contribution in [3.63, 3.8) is 0 Å². The van der Waals surface area contributed by atoms with Crippen molar-refractivity contribution < 1.29 is 9.47 Å². The molecule has 116 valence electrons. The number of hydrogen-bond acceptors (Lipinski definition) is 2. The molecule has 0 aliphatic heterocycles. The van der Waals surface area contributed by atoms with Gasteiger partial charge in [-0.15, -0.1) is 13.2 Å². The highest BCUT2D eigenvalue weighted by Crippen LogP contribution is 2.29. The maximum absolute atomic E-state index is 6.04. The molecule has 0 spiro atoms. The van der Waals surface area contributed by atoms with Gasteiger partial charge < -0.3 is 9.47 Å². The van der Waals surface area contributed by atoms with Gasteiger partial charge in [0.1, 0.15) is 0 Å². The first-order chi connectivity index (χ1) is 9.83. The van der Waals surface area contributed by atoms with E-state index >= 15 is 0 Å². The van der Waals surface area contributed by atoms with E-state index in [9.17, 15) is 0 Å². The molecule has 1 aliphatic rings. The summed E-state index contributed by atoms with van der Waals surface area (Å²) < 4.78 is 12.1. The Kier molecular flexibility index (Phi) is 9.69. The van der Waals surface area contributed by atoms with E-state index in [0.717, 1.165) is 12.8 Å². The zero-order chi connectivity index (χ0) is 14.5. The fraction of sp³-hybridized carbons (Fsp3) is 0.778. The van der Waals surface area contributed by atoms with Crippen LogP contribution in [0.1, 0.15) is 70.6 Å². The highest BCUT2D eigenvalue weighted by molar-refractivity contribution is 4.77. The first-order valence-corrected chi connectivity index (χ1v) is 8.33. The van der Waals surface area contributed by atoms with Gasteiger partial charge in [-0.05, 0) is 12.8 Å². The molecule has 0 saturated heterocycles. The fourth-order valence-electron chi connectivity index (χ4n) is 2.90. The Morgan fingerprint density at radius 3 is 1.35 bits per heavy atom. The van der Waals surface area contributed by atoms with Gasteiger partial charge in [-0.3, -0.25) is 0 Å². The second-order valence-corrected chi connectivity index (χ2v) is 5.79. The number of ether oxygens (including phenoxy) is 2. The summed E-state index contributed by atoms with van der Waals surface area (Å²) in [5.74, 6) is -0.415. The van der Waals surface area contributed by atoms with Gasteiger partial charge in [0.2, 0.25) is 0 Å². The lowest BCUT2D eigenvalue weighted by atomic mass is 9.97. The third-order valence-corrected chi connectivity index (χ3v) is 4.04. The van der Waals surface area contributed by atoms with Crippen LogP contribution in [0.15, 0.2) is 25.3 Å². The Labute approximate surface area is 125 Å². The number of rotatable bonds is 6. The molecule has 0 heterocycles. The van der Waals surface area contributed by atoms with Gasteiger partial charge in [-0.25, -0.2) is 0 Å². The summed E-state index contributed by atoms with van der Waals surface area (Å²) in [5, 5.41) is 0. The Morgan fingerprint density at radius 1 is 0.650 bits per heavy atom. The van der Waals surface area contributed by atoms with Gasteiger partial charge in [0.05, 0.1) is 13.2 Å². The van der Waals surface area contributed by atoms with Gasteiger partial charge in [0.25, 0.3) is 0 Å². The van der Waals surface area contributed by atoms with E-state index in [4.69, 9.17) is 9.47 Å². The summed E-state index contributed by atoms with van der Waals surface area (Å²) in [6.45, 7) is 8.65. The maximum Gasteiger partial charge on any atom is 0.169 e. The quantitative estimate of drug-likeness (QED) is 0.479. The van der Waals surface area contributed by atoms with Crippen molar-refractivity contribution in [3.05, 3.63) is 25.3 Å². The molecule has 1 aliphatic carbocycles. The largest absolute Gasteiger partial charge is 0.346 e. The average molecular weight is 280 g/mol. The molecule has 1 rings (SSSR count). The smallest absolute Gasteiger partial charge is 0.169 e. The maximum atomic E-state index is 6.04. The molecule has 0 unspecified atom stereocenters. The van der Waals surface area contributed by atoms with Crippen LogP contribution in [0.25, 0.3) is 0 Å². The molecule has 1 fully saturated rings. The minimum Gasteiger partial charge on any atom is -0.346 e. The molecule has 0 N–H and O–H groups in total. The first-order valence-electron chi connectivity index (χ1n) is 8.33. The minimum atomic E-state index is -0.415. The molecule has 0 aromatic rings. The van der Waals surface area contributed by atoms with Gasteiger partial charge >= 0.3 is 0 Å². The predicted molar refractivity (Wildman–Crippen MR) is 85.8 cm³/mol. The molecular formula is C18H32O2. The molecule has 0 amide bonds. The molecule has 0 radical (unpaired) electrons. The lowest BCUT2D eigenvalue weighted by Gasteiger charge is -2.34. The summed E-state index contributed by atoms with van der Waals surface area (Å²) in [7, 11) is 0. The second kappa shape index (κ2) is 11.1. The van der Waals surface area contributed by atoms with Crippen LogP contribution in [-0.4, -0.2) is 19.0 Å². The van der Waals surface area contributed by atoms with E-state index in [-0.39, 0.29) is 0 Å². The van der Waals surface area contributed by atoms with Crippen molar-refractivity contribution in [1.29, 1.82) is 0 Å². The van der Waals surface area contributed by atoms with E-state index in [1.54, 1.807) is 0 Å². The normalized spacial score (nSPS) is 21.4. The molecule has 0 aromatic heterocycles. The van der Waals surface area contributed by atoms with Crippen molar-refractivity contribution in [2.75, 3.05) is 13.2 Å². The van der Waals surface area contributed by atoms with Crippen molar-refractivity contribution in [2.24, 2.45) is 0 Å². The zero-order valence-electron chi connectivity index (χ0n) is 13.1. The molecule has 2 heteroatoms. The lowest BCUT2D eigenvalue weighted by molar-refractivity contribution is -0.235. The minimum absolute atomic E-state index is 0.415. The molecule has 1 saturated carbocycles. The lowest BCUT2D eigenvalue weighted by Crippen LogP contribution is -2.36. The summed E-state index contributed by atoms with van der Waals surface area (Å²) >= 11 is 0. The van der Waals surface area contributed by atoms with Gasteiger partial charge in [0.15, 0.2) is 5.79 Å². The van der Waals surface area contributed by atoms with Crippen molar-refractivity contribution >= 4 is 0 Å². The highest BCUT2D eigenvalue weighted by atomic mass is 16.7. The van der Waals surface area contributed by atoms with Crippen LogP contribution < -0.4 is 0 Å². The Bertz CT molecular complexity index is 234. The van der Waals surface area contributed by atoms with Crippen LogP contribution >= 0.6 is 0 Å². The number of hydrogen-bond donors (Lipinski definition) is 0. The summed E-state index contributed by atoms with van der Waals surface area (Å²) in [6.07, 6.45) is 17.4. The van der Waals surface area contributed by atoms with E-state index in [2.05, 4.69) is 13.2 Å². The monoisotopic (exact) mass is 280 g/mol. The molecular weight excluding hydrogens is 248 g/mol. The van der Waals surface area contributed by atoms with E-state index in [0.29, 0.717) is 13.2 Å². The zero-order valence-corrected chi connectivity index (χ0v) is 13.1. The highest BCUT2D eigenvalue weighted by Gasteiger charge is 2.30. The Balaban J connectivity index is 2.59. The first kappa shape index (κ1) is 17.5. The average Bonchev–Trinajstić information content (AvgIpc) is 2.46. The molecule has 0 aromatic carbocycles. The topological polar surface area (TPSA) is 18.5 Å². The van der Waals surface area contributed by atoms with Crippen LogP contribution in [0, 0.1) is 0 Å². The molecule has 2 nitrogen and oxygen atoms in total. The fourth-order valence-corrected chi connectivity index (χ4v) is 2.90. The van der Waals surface area contributed by atoms with Crippen LogP contribution in [0.4, 0.5) is 0 Å². The van der Waals surface area contributed by atoms with Crippen LogP contribution in [-0.2, 0) is 9.47 Å². The standard InChI is InChI=1S/C18H32O2/c1-3-16-19-18(20-17-4-2)14-12-10-8-6-5-7-9-11-13-15-18/h3-4H,1-2,5-17H2.